The minimum absolute atomic E-state index is 0.266. The van der Waals surface area contributed by atoms with Gasteiger partial charge in [-0.25, -0.2) is 5.01 Å². The molecule has 0 radical (unpaired) electrons. The van der Waals surface area contributed by atoms with E-state index in [0.29, 0.717) is 39.6 Å². The summed E-state index contributed by atoms with van der Waals surface area (Å²) in [7, 11) is 1.56. The number of halogens is 1. The first-order valence-electron chi connectivity index (χ1n) is 9.81. The highest BCUT2D eigenvalue weighted by molar-refractivity contribution is 8.14. The number of hydrogen-bond donors (Lipinski definition) is 1. The molecule has 3 rings (SSSR count). The molecule has 0 aliphatic carbocycles. The minimum atomic E-state index is -0.515. The molecule has 10 heteroatoms. The third-order valence-electron chi connectivity index (χ3n) is 4.47. The largest absolute Gasteiger partial charge is 0.497 e. The van der Waals surface area contributed by atoms with E-state index in [1.54, 1.807) is 37.4 Å². The van der Waals surface area contributed by atoms with Crippen LogP contribution in [-0.4, -0.2) is 42.3 Å². The molecular formula is C22H24ClN3O5S. The van der Waals surface area contributed by atoms with Gasteiger partial charge in [0.15, 0.2) is 5.17 Å². The van der Waals surface area contributed by atoms with Crippen LogP contribution in [0.5, 0.6) is 17.2 Å². The van der Waals surface area contributed by atoms with Crippen LogP contribution in [0.25, 0.3) is 0 Å². The predicted octanol–water partition coefficient (Wildman–Crippen LogP) is 4.12. The summed E-state index contributed by atoms with van der Waals surface area (Å²) < 4.78 is 17.1. The van der Waals surface area contributed by atoms with E-state index in [9.17, 15) is 9.59 Å². The molecule has 1 aliphatic rings. The Labute approximate surface area is 195 Å². The van der Waals surface area contributed by atoms with Crippen molar-refractivity contribution in [2.45, 2.75) is 26.1 Å². The van der Waals surface area contributed by atoms with Crippen LogP contribution < -0.4 is 19.5 Å². The van der Waals surface area contributed by atoms with Crippen molar-refractivity contribution in [1.29, 1.82) is 0 Å². The molecule has 1 N–H and O–H groups in total. The molecule has 0 spiro atoms. The Bertz CT molecular complexity index is 1050. The highest BCUT2D eigenvalue weighted by Gasteiger charge is 2.34. The summed E-state index contributed by atoms with van der Waals surface area (Å²) in [5, 5.41) is 8.68. The van der Waals surface area contributed by atoms with Crippen LogP contribution in [0, 0.1) is 6.92 Å². The molecule has 1 atom stereocenters. The van der Waals surface area contributed by atoms with E-state index in [1.165, 1.54) is 30.6 Å². The minimum Gasteiger partial charge on any atom is -0.497 e. The predicted molar refractivity (Wildman–Crippen MR) is 124 cm³/mol. The molecule has 0 aromatic heterocycles. The Kier molecular flexibility index (Phi) is 7.87. The second kappa shape index (κ2) is 10.6. The van der Waals surface area contributed by atoms with Gasteiger partial charge in [-0.3, -0.25) is 9.59 Å². The van der Waals surface area contributed by atoms with Gasteiger partial charge in [-0.15, -0.1) is 5.10 Å². The molecule has 8 nitrogen and oxygen atoms in total. The first-order valence-corrected chi connectivity index (χ1v) is 11.1. The first-order chi connectivity index (χ1) is 15.3. The Hall–Kier alpha value is -2.91. The van der Waals surface area contributed by atoms with Crippen molar-refractivity contribution in [3.63, 3.8) is 0 Å². The Morgan fingerprint density at radius 2 is 1.84 bits per heavy atom. The molecule has 0 saturated carbocycles. The molecule has 2 amide bonds. The van der Waals surface area contributed by atoms with Crippen molar-refractivity contribution in [3.05, 3.63) is 52.5 Å². The van der Waals surface area contributed by atoms with E-state index in [2.05, 4.69) is 10.4 Å². The van der Waals surface area contributed by atoms with Crippen molar-refractivity contribution >= 4 is 40.3 Å². The fourth-order valence-corrected chi connectivity index (χ4v) is 4.23. The van der Waals surface area contributed by atoms with Gasteiger partial charge < -0.3 is 19.5 Å². The molecule has 0 unspecified atom stereocenters. The average Bonchev–Trinajstić information content (AvgIpc) is 3.17. The summed E-state index contributed by atoms with van der Waals surface area (Å²) in [5.41, 5.74) is 1.62. The number of nitrogens with one attached hydrogen (secondary N) is 1. The average molecular weight is 478 g/mol. The van der Waals surface area contributed by atoms with Crippen molar-refractivity contribution < 1.29 is 23.8 Å². The van der Waals surface area contributed by atoms with Crippen LogP contribution in [-0.2, 0) is 9.59 Å². The van der Waals surface area contributed by atoms with Gasteiger partial charge in [-0.1, -0.05) is 23.4 Å². The Morgan fingerprint density at radius 1 is 1.12 bits per heavy atom. The van der Waals surface area contributed by atoms with E-state index in [4.69, 9.17) is 25.8 Å². The third kappa shape index (κ3) is 5.86. The Morgan fingerprint density at radius 3 is 2.50 bits per heavy atom. The van der Waals surface area contributed by atoms with Gasteiger partial charge in [-0.2, -0.15) is 0 Å². The number of rotatable bonds is 7. The smallest absolute Gasteiger partial charge is 0.241 e. The molecule has 0 saturated heterocycles. The number of aryl methyl sites for hydroxylation is 1. The quantitative estimate of drug-likeness (QED) is 0.603. The van der Waals surface area contributed by atoms with Gasteiger partial charge in [0.25, 0.3) is 0 Å². The van der Waals surface area contributed by atoms with E-state index in [0.717, 1.165) is 5.56 Å². The molecule has 0 bridgehead atoms. The number of ether oxygens (including phenoxy) is 3. The number of carbonyl (C=O) groups is 2. The van der Waals surface area contributed by atoms with Crippen LogP contribution in [0.4, 0.5) is 0 Å². The molecule has 32 heavy (non-hydrogen) atoms. The first kappa shape index (κ1) is 23.7. The number of hydrogen-bond acceptors (Lipinski definition) is 7. The summed E-state index contributed by atoms with van der Waals surface area (Å²) in [6.45, 7) is 5.30. The molecule has 1 heterocycles. The van der Waals surface area contributed by atoms with E-state index in [1.807, 2.05) is 13.0 Å². The maximum Gasteiger partial charge on any atom is 0.241 e. The normalized spacial score (nSPS) is 15.2. The summed E-state index contributed by atoms with van der Waals surface area (Å²) in [6.07, 6.45) is 0. The van der Waals surface area contributed by atoms with Crippen molar-refractivity contribution in [2.24, 2.45) is 5.10 Å². The van der Waals surface area contributed by atoms with E-state index in [-0.39, 0.29) is 18.4 Å². The number of methoxy groups -OCH3 is 1. The second-order valence-electron chi connectivity index (χ2n) is 6.93. The summed E-state index contributed by atoms with van der Waals surface area (Å²) >= 11 is 7.29. The van der Waals surface area contributed by atoms with Gasteiger partial charge in [0.1, 0.15) is 35.8 Å². The number of benzene rings is 2. The van der Waals surface area contributed by atoms with Gasteiger partial charge in [-0.05, 0) is 48.9 Å². The molecule has 2 aromatic carbocycles. The number of thioether (sulfide) groups is 1. The topological polar surface area (TPSA) is 89.5 Å². The lowest BCUT2D eigenvalue weighted by Gasteiger charge is -2.22. The maximum atomic E-state index is 12.2. The van der Waals surface area contributed by atoms with Crippen molar-refractivity contribution in [3.8, 4) is 17.2 Å². The fourth-order valence-electron chi connectivity index (χ4n) is 2.96. The van der Waals surface area contributed by atoms with E-state index >= 15 is 0 Å². The van der Waals surface area contributed by atoms with E-state index < -0.39 is 5.37 Å². The second-order valence-corrected chi connectivity index (χ2v) is 8.41. The highest BCUT2D eigenvalue weighted by atomic mass is 35.5. The number of nitrogens with zero attached hydrogens (tertiary/aromatic N) is 2. The molecule has 2 aromatic rings. The van der Waals surface area contributed by atoms with Crippen LogP contribution >= 0.6 is 23.4 Å². The zero-order valence-corrected chi connectivity index (χ0v) is 19.7. The monoisotopic (exact) mass is 477 g/mol. The van der Waals surface area contributed by atoms with Crippen LogP contribution in [0.2, 0.25) is 5.02 Å². The molecule has 0 fully saturated rings. The third-order valence-corrected chi connectivity index (χ3v) is 5.98. The van der Waals surface area contributed by atoms with Gasteiger partial charge >= 0.3 is 0 Å². The lowest BCUT2D eigenvalue weighted by atomic mass is 10.1. The fraction of sp³-hybridized carbons (Fsp3) is 0.318. The van der Waals surface area contributed by atoms with Crippen molar-refractivity contribution in [1.82, 2.24) is 10.3 Å². The SMILES string of the molecule is COc1ccc(OCCOc2ccc(Cl)c(C)c2)c([C@H]2SC(NC(C)=O)=NN2C(C)=O)c1. The lowest BCUT2D eigenvalue weighted by molar-refractivity contribution is -0.129. The van der Waals surface area contributed by atoms with Crippen LogP contribution in [0.15, 0.2) is 41.5 Å². The van der Waals surface area contributed by atoms with Gasteiger partial charge in [0, 0.05) is 24.4 Å². The summed E-state index contributed by atoms with van der Waals surface area (Å²) in [4.78, 5) is 23.6. The number of amides is 2. The Balaban J connectivity index is 1.74. The number of hydrazone groups is 1. The van der Waals surface area contributed by atoms with Crippen LogP contribution in [0.1, 0.15) is 30.3 Å². The summed E-state index contributed by atoms with van der Waals surface area (Å²) in [5.74, 6) is 1.34. The molecular weight excluding hydrogens is 454 g/mol. The maximum absolute atomic E-state index is 12.2. The lowest BCUT2D eigenvalue weighted by Crippen LogP contribution is -2.25. The zero-order valence-electron chi connectivity index (χ0n) is 18.2. The van der Waals surface area contributed by atoms with Crippen LogP contribution in [0.3, 0.4) is 0 Å². The standard InChI is InChI=1S/C22H24ClN3O5S/c1-13-11-17(5-7-19(13)23)30-9-10-31-20-8-6-16(29-4)12-18(20)21-26(15(3)28)25-22(32-21)24-14(2)27/h5-8,11-12,21H,9-10H2,1-4H3,(H,24,25,27)/t21-/m1/s1. The zero-order chi connectivity index (χ0) is 23.3. The van der Waals surface area contributed by atoms with Crippen molar-refractivity contribution in [2.75, 3.05) is 20.3 Å². The number of amidine groups is 1. The highest BCUT2D eigenvalue weighted by Crippen LogP contribution is 2.43. The van der Waals surface area contributed by atoms with Gasteiger partial charge in [0.05, 0.1) is 7.11 Å². The molecule has 1 aliphatic heterocycles. The summed E-state index contributed by atoms with van der Waals surface area (Å²) in [6, 6.07) is 10.8. The molecule has 170 valence electrons. The number of carbonyl (C=O) groups excluding carboxylic acids is 2. The van der Waals surface area contributed by atoms with Gasteiger partial charge in [0.2, 0.25) is 11.8 Å².